The highest BCUT2D eigenvalue weighted by Gasteiger charge is 2.46. The van der Waals surface area contributed by atoms with Gasteiger partial charge < -0.3 is 4.43 Å². The molecule has 0 saturated carbocycles. The molecular weight excluding hydrogens is 200 g/mol. The summed E-state index contributed by atoms with van der Waals surface area (Å²) in [6, 6.07) is 0. The fourth-order valence-corrected chi connectivity index (χ4v) is 7.88. The summed E-state index contributed by atoms with van der Waals surface area (Å²) in [5, 5.41) is 0. The van der Waals surface area contributed by atoms with Gasteiger partial charge in [-0.3, -0.25) is 0 Å². The van der Waals surface area contributed by atoms with E-state index < -0.39 is 8.32 Å². The molecular formula is C13H28OSi. The molecule has 0 fully saturated rings. The molecule has 0 aliphatic carbocycles. The van der Waals surface area contributed by atoms with Crippen LogP contribution in [0.15, 0.2) is 11.8 Å². The molecule has 0 radical (unpaired) electrons. The summed E-state index contributed by atoms with van der Waals surface area (Å²) in [5.74, 6) is 0. The average molecular weight is 228 g/mol. The van der Waals surface area contributed by atoms with E-state index in [9.17, 15) is 0 Å². The van der Waals surface area contributed by atoms with Gasteiger partial charge in [0.15, 0.2) is 0 Å². The van der Waals surface area contributed by atoms with Crippen LogP contribution in [0.1, 0.15) is 55.4 Å². The minimum Gasteiger partial charge on any atom is -0.548 e. The molecule has 0 aromatic rings. The van der Waals surface area contributed by atoms with Gasteiger partial charge >= 0.3 is 0 Å². The molecule has 0 unspecified atom stereocenters. The summed E-state index contributed by atoms with van der Waals surface area (Å²) in [7, 11) is -1.67. The molecule has 0 rings (SSSR count). The molecule has 0 heterocycles. The van der Waals surface area contributed by atoms with Crippen molar-refractivity contribution >= 4 is 8.32 Å². The number of allylic oxidation sites excluding steroid dienone is 1. The van der Waals surface area contributed by atoms with Gasteiger partial charge in [0.1, 0.15) is 0 Å². The molecule has 2 heteroatoms. The monoisotopic (exact) mass is 228 g/mol. The maximum Gasteiger partial charge on any atom is 0.257 e. The maximum absolute atomic E-state index is 6.25. The Labute approximate surface area is 97.0 Å². The molecule has 15 heavy (non-hydrogen) atoms. The van der Waals surface area contributed by atoms with Crippen LogP contribution in [0.4, 0.5) is 0 Å². The Morgan fingerprint density at radius 1 is 0.867 bits per heavy atom. The van der Waals surface area contributed by atoms with Crippen LogP contribution < -0.4 is 0 Å². The van der Waals surface area contributed by atoms with E-state index in [1.807, 2.05) is 6.26 Å². The summed E-state index contributed by atoms with van der Waals surface area (Å²) in [4.78, 5) is 0. The Kier molecular flexibility index (Phi) is 5.64. The van der Waals surface area contributed by atoms with E-state index in [0.717, 1.165) is 0 Å². The third kappa shape index (κ3) is 3.37. The molecule has 0 aromatic heterocycles. The highest BCUT2D eigenvalue weighted by Crippen LogP contribution is 2.42. The van der Waals surface area contributed by atoms with Gasteiger partial charge in [-0.1, -0.05) is 41.5 Å². The number of hydrogen-bond acceptors (Lipinski definition) is 1. The largest absolute Gasteiger partial charge is 0.548 e. The van der Waals surface area contributed by atoms with Crippen LogP contribution >= 0.6 is 0 Å². The highest BCUT2D eigenvalue weighted by atomic mass is 28.4. The lowest BCUT2D eigenvalue weighted by molar-refractivity contribution is 0.412. The second kappa shape index (κ2) is 5.74. The lowest BCUT2D eigenvalue weighted by Crippen LogP contribution is -2.46. The van der Waals surface area contributed by atoms with E-state index in [2.05, 4.69) is 55.4 Å². The minimum atomic E-state index is -1.67. The number of hydrogen-bond donors (Lipinski definition) is 0. The van der Waals surface area contributed by atoms with Crippen molar-refractivity contribution in [3.8, 4) is 0 Å². The van der Waals surface area contributed by atoms with E-state index in [4.69, 9.17) is 4.43 Å². The van der Waals surface area contributed by atoms with E-state index in [1.165, 1.54) is 5.57 Å². The Morgan fingerprint density at radius 3 is 1.40 bits per heavy atom. The molecule has 0 N–H and O–H groups in total. The molecule has 0 atom stereocenters. The van der Waals surface area contributed by atoms with Crippen LogP contribution in [0, 0.1) is 0 Å². The first-order chi connectivity index (χ1) is 6.75. The summed E-state index contributed by atoms with van der Waals surface area (Å²) in [6.45, 7) is 18.1. The topological polar surface area (TPSA) is 9.23 Å². The van der Waals surface area contributed by atoms with Crippen molar-refractivity contribution in [2.45, 2.75) is 72.0 Å². The first kappa shape index (κ1) is 14.8. The molecule has 0 aliphatic rings. The van der Waals surface area contributed by atoms with Gasteiger partial charge in [0.05, 0.1) is 6.26 Å². The third-order valence-electron chi connectivity index (χ3n) is 3.21. The zero-order valence-corrected chi connectivity index (χ0v) is 12.7. The van der Waals surface area contributed by atoms with Crippen molar-refractivity contribution in [3.05, 3.63) is 11.8 Å². The molecule has 0 bridgehead atoms. The van der Waals surface area contributed by atoms with E-state index >= 15 is 0 Å². The van der Waals surface area contributed by atoms with E-state index in [1.54, 1.807) is 0 Å². The Bertz CT molecular complexity index is 191. The van der Waals surface area contributed by atoms with Gasteiger partial charge in [-0.25, -0.2) is 0 Å². The van der Waals surface area contributed by atoms with Crippen LogP contribution in [0.2, 0.25) is 16.6 Å². The van der Waals surface area contributed by atoms with Crippen LogP contribution in [0.5, 0.6) is 0 Å². The lowest BCUT2D eigenvalue weighted by atomic mass is 10.4. The summed E-state index contributed by atoms with van der Waals surface area (Å²) in [5.41, 5.74) is 3.24. The zero-order chi connectivity index (χ0) is 12.2. The Balaban J connectivity index is 5.06. The fourth-order valence-electron chi connectivity index (χ4n) is 2.63. The molecule has 0 spiro atoms. The molecule has 0 aliphatic heterocycles. The lowest BCUT2D eigenvalue weighted by Gasteiger charge is -2.41. The quantitative estimate of drug-likeness (QED) is 0.470. The predicted octanol–water partition coefficient (Wildman–Crippen LogP) is 5.10. The van der Waals surface area contributed by atoms with Crippen molar-refractivity contribution in [1.82, 2.24) is 0 Å². The van der Waals surface area contributed by atoms with Crippen molar-refractivity contribution in [2.75, 3.05) is 0 Å². The first-order valence-electron chi connectivity index (χ1n) is 6.06. The van der Waals surface area contributed by atoms with Gasteiger partial charge in [0.25, 0.3) is 8.32 Å². The molecule has 0 amide bonds. The van der Waals surface area contributed by atoms with Crippen molar-refractivity contribution in [2.24, 2.45) is 0 Å². The Hall–Kier alpha value is -0.243. The summed E-state index contributed by atoms with van der Waals surface area (Å²) in [6.07, 6.45) is 1.98. The highest BCUT2D eigenvalue weighted by molar-refractivity contribution is 6.77. The standard InChI is InChI=1S/C13H28OSi/c1-10(2)9-14-15(11(3)4,12(5)6)13(7)8/h9,11-13H,1-8H3. The van der Waals surface area contributed by atoms with Gasteiger partial charge in [-0.15, -0.1) is 0 Å². The molecule has 90 valence electrons. The minimum absolute atomic E-state index is 0.660. The normalized spacial score (nSPS) is 12.5. The third-order valence-corrected chi connectivity index (χ3v) is 9.15. The summed E-state index contributed by atoms with van der Waals surface area (Å²) < 4.78 is 6.25. The van der Waals surface area contributed by atoms with Crippen molar-refractivity contribution < 1.29 is 4.43 Å². The fraction of sp³-hybridized carbons (Fsp3) is 0.846. The second-order valence-electron chi connectivity index (χ2n) is 5.63. The molecule has 0 aromatic carbocycles. The van der Waals surface area contributed by atoms with Crippen LogP contribution in [-0.4, -0.2) is 8.32 Å². The van der Waals surface area contributed by atoms with Crippen LogP contribution in [-0.2, 0) is 4.43 Å². The van der Waals surface area contributed by atoms with Gasteiger partial charge in [0.2, 0.25) is 0 Å². The van der Waals surface area contributed by atoms with Crippen molar-refractivity contribution in [3.63, 3.8) is 0 Å². The SMILES string of the molecule is CC(C)=CO[Si](C(C)C)(C(C)C)C(C)C. The number of rotatable bonds is 5. The van der Waals surface area contributed by atoms with E-state index in [0.29, 0.717) is 16.6 Å². The van der Waals surface area contributed by atoms with Gasteiger partial charge in [0, 0.05) is 0 Å². The van der Waals surface area contributed by atoms with Gasteiger partial charge in [-0.05, 0) is 36.0 Å². The smallest absolute Gasteiger partial charge is 0.257 e. The predicted molar refractivity (Wildman–Crippen MR) is 71.6 cm³/mol. The first-order valence-corrected chi connectivity index (χ1v) is 8.20. The second-order valence-corrected chi connectivity index (χ2v) is 11.0. The van der Waals surface area contributed by atoms with Crippen LogP contribution in [0.25, 0.3) is 0 Å². The Morgan fingerprint density at radius 2 is 1.20 bits per heavy atom. The summed E-state index contributed by atoms with van der Waals surface area (Å²) >= 11 is 0. The average Bonchev–Trinajstić information content (AvgIpc) is 2.02. The van der Waals surface area contributed by atoms with E-state index in [-0.39, 0.29) is 0 Å². The maximum atomic E-state index is 6.25. The molecule has 1 nitrogen and oxygen atoms in total. The van der Waals surface area contributed by atoms with Crippen LogP contribution in [0.3, 0.4) is 0 Å². The van der Waals surface area contributed by atoms with Crippen molar-refractivity contribution in [1.29, 1.82) is 0 Å². The zero-order valence-electron chi connectivity index (χ0n) is 11.7. The van der Waals surface area contributed by atoms with Gasteiger partial charge in [-0.2, -0.15) is 0 Å². The molecule has 0 saturated heterocycles.